The normalized spacial score (nSPS) is 10.8. The molecule has 0 aliphatic carbocycles. The molecule has 2 N–H and O–H groups in total. The van der Waals surface area contributed by atoms with Crippen LogP contribution < -0.4 is 20.1 Å². The molecular weight excluding hydrogens is 581 g/mol. The summed E-state index contributed by atoms with van der Waals surface area (Å²) in [5.74, 6) is -0.144. The van der Waals surface area contributed by atoms with Crippen LogP contribution in [0.25, 0.3) is 6.08 Å². The summed E-state index contributed by atoms with van der Waals surface area (Å²) in [5, 5.41) is 15.4. The Bertz CT molecular complexity index is 1330. The van der Waals surface area contributed by atoms with Crippen LogP contribution in [-0.2, 0) is 9.59 Å². The van der Waals surface area contributed by atoms with Gasteiger partial charge in [0.15, 0.2) is 18.1 Å². The number of rotatable bonds is 8. The fourth-order valence-electron chi connectivity index (χ4n) is 3.08. The number of carbonyl (C=O) groups excluding carboxylic acids is 2. The van der Waals surface area contributed by atoms with E-state index in [4.69, 9.17) is 21.1 Å². The van der Waals surface area contributed by atoms with Gasteiger partial charge >= 0.3 is 0 Å². The highest BCUT2D eigenvalue weighted by molar-refractivity contribution is 14.1. The lowest BCUT2D eigenvalue weighted by atomic mass is 10.1. The highest BCUT2D eigenvalue weighted by atomic mass is 127. The molecule has 178 valence electrons. The van der Waals surface area contributed by atoms with Crippen LogP contribution >= 0.6 is 34.2 Å². The zero-order valence-corrected chi connectivity index (χ0v) is 21.8. The number of amides is 2. The number of halogens is 2. The van der Waals surface area contributed by atoms with Gasteiger partial charge in [-0.15, -0.1) is 0 Å². The number of nitrogens with one attached hydrogen (secondary N) is 2. The third kappa shape index (κ3) is 7.21. The van der Waals surface area contributed by atoms with Gasteiger partial charge in [0.1, 0.15) is 11.6 Å². The van der Waals surface area contributed by atoms with E-state index < -0.39 is 5.91 Å². The Kier molecular flexibility index (Phi) is 9.11. The summed E-state index contributed by atoms with van der Waals surface area (Å²) in [6.07, 6.45) is 1.44. The van der Waals surface area contributed by atoms with Crippen molar-refractivity contribution in [2.45, 2.75) is 6.92 Å². The molecule has 0 saturated carbocycles. The van der Waals surface area contributed by atoms with Gasteiger partial charge in [0.25, 0.3) is 11.8 Å². The average molecular weight is 602 g/mol. The quantitative estimate of drug-likeness (QED) is 0.192. The molecule has 0 aromatic heterocycles. The van der Waals surface area contributed by atoms with Crippen molar-refractivity contribution in [3.63, 3.8) is 0 Å². The molecule has 0 heterocycles. The zero-order valence-electron chi connectivity index (χ0n) is 18.9. The van der Waals surface area contributed by atoms with Gasteiger partial charge < -0.3 is 20.1 Å². The molecule has 0 atom stereocenters. The Hall–Kier alpha value is -3.55. The monoisotopic (exact) mass is 601 g/mol. The minimum Gasteiger partial charge on any atom is -0.493 e. The smallest absolute Gasteiger partial charge is 0.266 e. The van der Waals surface area contributed by atoms with Gasteiger partial charge in [-0.2, -0.15) is 5.26 Å². The number of aryl methyl sites for hydroxylation is 1. The van der Waals surface area contributed by atoms with Crippen molar-refractivity contribution in [2.24, 2.45) is 0 Å². The number of nitriles is 1. The molecule has 0 radical (unpaired) electrons. The number of methoxy groups -OCH3 is 1. The number of nitrogens with zero attached hydrogens (tertiary/aromatic N) is 1. The predicted octanol–water partition coefficient (Wildman–Crippen LogP) is 5.82. The van der Waals surface area contributed by atoms with Crippen molar-refractivity contribution in [3.05, 3.63) is 86.0 Å². The molecule has 0 unspecified atom stereocenters. The number of carbonyl (C=O) groups is 2. The van der Waals surface area contributed by atoms with Crippen LogP contribution in [0.5, 0.6) is 11.5 Å². The first kappa shape index (κ1) is 26.1. The first-order valence-electron chi connectivity index (χ1n) is 10.3. The molecular formula is C26H21ClIN3O4. The Labute approximate surface area is 221 Å². The molecule has 0 fully saturated rings. The maximum Gasteiger partial charge on any atom is 0.266 e. The molecule has 3 aromatic rings. The standard InChI is InChI=1S/C26H21ClIN3O4/c1-16-6-3-4-9-22(16)31-24(32)15-35-25-21(28)11-17(12-23(25)34-2)10-18(14-29)26(33)30-20-8-5-7-19(27)13-20/h3-13H,15H2,1-2H3,(H,30,33)(H,31,32)/b18-10-. The van der Waals surface area contributed by atoms with Crippen molar-refractivity contribution >= 4 is 63.5 Å². The second kappa shape index (κ2) is 12.2. The number of hydrogen-bond acceptors (Lipinski definition) is 5. The summed E-state index contributed by atoms with van der Waals surface area (Å²) in [7, 11) is 1.47. The third-order valence-electron chi connectivity index (χ3n) is 4.78. The minimum atomic E-state index is -0.572. The lowest BCUT2D eigenvalue weighted by Gasteiger charge is -2.14. The summed E-state index contributed by atoms with van der Waals surface area (Å²) in [4.78, 5) is 24.9. The molecule has 0 aliphatic rings. The molecule has 35 heavy (non-hydrogen) atoms. The van der Waals surface area contributed by atoms with Gasteiger partial charge in [0.2, 0.25) is 0 Å². The molecule has 2 amide bonds. The first-order chi connectivity index (χ1) is 16.8. The number of hydrogen-bond donors (Lipinski definition) is 2. The molecule has 7 nitrogen and oxygen atoms in total. The third-order valence-corrected chi connectivity index (χ3v) is 5.81. The van der Waals surface area contributed by atoms with Gasteiger partial charge in [-0.1, -0.05) is 35.9 Å². The predicted molar refractivity (Wildman–Crippen MR) is 145 cm³/mol. The van der Waals surface area contributed by atoms with Crippen molar-refractivity contribution < 1.29 is 19.1 Å². The number of benzene rings is 3. The minimum absolute atomic E-state index is 0.103. The van der Waals surface area contributed by atoms with Crippen molar-refractivity contribution in [1.29, 1.82) is 5.26 Å². The van der Waals surface area contributed by atoms with Gasteiger partial charge in [-0.25, -0.2) is 0 Å². The lowest BCUT2D eigenvalue weighted by molar-refractivity contribution is -0.118. The van der Waals surface area contributed by atoms with E-state index in [-0.39, 0.29) is 18.1 Å². The number of ether oxygens (including phenoxy) is 2. The van der Waals surface area contributed by atoms with Gasteiger partial charge in [-0.05, 0) is 83.1 Å². The van der Waals surface area contributed by atoms with E-state index in [2.05, 4.69) is 10.6 Å². The van der Waals surface area contributed by atoms with Crippen LogP contribution in [0.15, 0.2) is 66.2 Å². The van der Waals surface area contributed by atoms with Crippen molar-refractivity contribution in [2.75, 3.05) is 24.4 Å². The molecule has 0 saturated heterocycles. The SMILES string of the molecule is COc1cc(/C=C(/C#N)C(=O)Nc2cccc(Cl)c2)cc(I)c1OCC(=O)Nc1ccccc1C. The van der Waals surface area contributed by atoms with Crippen molar-refractivity contribution in [3.8, 4) is 17.6 Å². The highest BCUT2D eigenvalue weighted by Gasteiger charge is 2.16. The van der Waals surface area contributed by atoms with E-state index in [0.29, 0.717) is 37.0 Å². The molecule has 3 rings (SSSR count). The zero-order chi connectivity index (χ0) is 25.4. The summed E-state index contributed by atoms with van der Waals surface area (Å²) in [6.45, 7) is 1.68. The Balaban J connectivity index is 1.75. The highest BCUT2D eigenvalue weighted by Crippen LogP contribution is 2.34. The molecule has 0 spiro atoms. The van der Waals surface area contributed by atoms with E-state index in [1.54, 1.807) is 36.4 Å². The lowest BCUT2D eigenvalue weighted by Crippen LogP contribution is -2.21. The van der Waals surface area contributed by atoms with E-state index >= 15 is 0 Å². The molecule has 0 aliphatic heterocycles. The second-order valence-electron chi connectivity index (χ2n) is 7.32. The second-order valence-corrected chi connectivity index (χ2v) is 8.92. The van der Waals surface area contributed by atoms with Gasteiger partial charge in [0.05, 0.1) is 10.7 Å². The van der Waals surface area contributed by atoms with E-state index in [1.807, 2.05) is 59.8 Å². The van der Waals surface area contributed by atoms with E-state index in [0.717, 1.165) is 5.56 Å². The van der Waals surface area contributed by atoms with Crippen LogP contribution in [0.3, 0.4) is 0 Å². The fourth-order valence-corrected chi connectivity index (χ4v) is 4.05. The average Bonchev–Trinajstić information content (AvgIpc) is 2.82. The molecule has 9 heteroatoms. The number of anilines is 2. The fraction of sp³-hybridized carbons (Fsp3) is 0.115. The maximum absolute atomic E-state index is 12.6. The molecule has 0 bridgehead atoms. The summed E-state index contributed by atoms with van der Waals surface area (Å²) >= 11 is 7.99. The van der Waals surface area contributed by atoms with E-state index in [9.17, 15) is 14.9 Å². The van der Waals surface area contributed by atoms with E-state index in [1.165, 1.54) is 13.2 Å². The molecule has 3 aromatic carbocycles. The summed E-state index contributed by atoms with van der Waals surface area (Å²) in [5.41, 5.74) is 2.58. The summed E-state index contributed by atoms with van der Waals surface area (Å²) in [6, 6.07) is 19.3. The van der Waals surface area contributed by atoms with Crippen LogP contribution in [-0.4, -0.2) is 25.5 Å². The summed E-state index contributed by atoms with van der Waals surface area (Å²) < 4.78 is 11.8. The van der Waals surface area contributed by atoms with Crippen molar-refractivity contribution in [1.82, 2.24) is 0 Å². The largest absolute Gasteiger partial charge is 0.493 e. The van der Waals surface area contributed by atoms with Gasteiger partial charge in [-0.3, -0.25) is 9.59 Å². The Morgan fingerprint density at radius 1 is 1.11 bits per heavy atom. The van der Waals surface area contributed by atoms with Crippen LogP contribution in [0.4, 0.5) is 11.4 Å². The maximum atomic E-state index is 12.6. The number of para-hydroxylation sites is 1. The Morgan fingerprint density at radius 2 is 1.89 bits per heavy atom. The van der Waals surface area contributed by atoms with Crippen LogP contribution in [0.2, 0.25) is 5.02 Å². The Morgan fingerprint density at radius 3 is 2.57 bits per heavy atom. The van der Waals surface area contributed by atoms with Crippen LogP contribution in [0, 0.1) is 21.8 Å². The van der Waals surface area contributed by atoms with Crippen LogP contribution in [0.1, 0.15) is 11.1 Å². The van der Waals surface area contributed by atoms with Gasteiger partial charge in [0, 0.05) is 16.4 Å². The topological polar surface area (TPSA) is 100 Å². The first-order valence-corrected chi connectivity index (χ1v) is 11.8.